The average Bonchev–Trinajstić information content (AvgIpc) is 1.90. The Morgan fingerprint density at radius 2 is 2.56 bits per heavy atom. The van der Waals surface area contributed by atoms with E-state index in [2.05, 4.69) is 5.32 Å². The fraction of sp³-hybridized carbons (Fsp3) is 1.00. The van der Waals surface area contributed by atoms with E-state index in [4.69, 9.17) is 4.74 Å². The van der Waals surface area contributed by atoms with Crippen LogP contribution in [0.1, 0.15) is 0 Å². The van der Waals surface area contributed by atoms with Gasteiger partial charge in [-0.2, -0.15) is 0 Å². The smallest absolute Gasteiger partial charge is 0.144 e. The molecular formula is C5H11NO2S. The van der Waals surface area contributed by atoms with Gasteiger partial charge in [0.05, 0.1) is 6.61 Å². The van der Waals surface area contributed by atoms with E-state index in [0.29, 0.717) is 6.61 Å². The standard InChI is InChI=1S/C5H11NO2S/c1-9(7)5-4-6-2-3-8-5/h5-6H,2-4H2,1H3. The summed E-state index contributed by atoms with van der Waals surface area (Å²) >= 11 is 0. The largest absolute Gasteiger partial charge is 0.362 e. The maximum absolute atomic E-state index is 10.7. The number of nitrogens with one attached hydrogen (secondary N) is 1. The predicted octanol–water partition coefficient (Wildman–Crippen LogP) is -0.689. The van der Waals surface area contributed by atoms with Crippen LogP contribution in [0.5, 0.6) is 0 Å². The minimum atomic E-state index is -0.837. The molecule has 1 N–H and O–H groups in total. The molecule has 1 heterocycles. The lowest BCUT2D eigenvalue weighted by atomic mass is 10.5. The Morgan fingerprint density at radius 3 is 2.89 bits per heavy atom. The Bertz CT molecular complexity index is 112. The molecule has 0 spiro atoms. The van der Waals surface area contributed by atoms with E-state index in [1.165, 1.54) is 0 Å². The second kappa shape index (κ2) is 3.29. The Labute approximate surface area is 57.2 Å². The van der Waals surface area contributed by atoms with Crippen LogP contribution in [0.2, 0.25) is 0 Å². The summed E-state index contributed by atoms with van der Waals surface area (Å²) in [7, 11) is -0.837. The van der Waals surface area contributed by atoms with Crippen LogP contribution >= 0.6 is 0 Å². The van der Waals surface area contributed by atoms with Gasteiger partial charge in [-0.25, -0.2) is 0 Å². The van der Waals surface area contributed by atoms with E-state index in [1.54, 1.807) is 6.26 Å². The van der Waals surface area contributed by atoms with Crippen molar-refractivity contribution in [1.82, 2.24) is 5.32 Å². The first kappa shape index (κ1) is 7.18. The van der Waals surface area contributed by atoms with Crippen LogP contribution in [0.15, 0.2) is 0 Å². The quantitative estimate of drug-likeness (QED) is 0.536. The van der Waals surface area contributed by atoms with Gasteiger partial charge in [0, 0.05) is 30.1 Å². The molecule has 2 atom stereocenters. The van der Waals surface area contributed by atoms with Gasteiger partial charge in [0.2, 0.25) is 0 Å². The molecule has 0 bridgehead atoms. The molecule has 0 aromatic heterocycles. The van der Waals surface area contributed by atoms with Crippen LogP contribution in [-0.2, 0) is 15.5 Å². The van der Waals surface area contributed by atoms with Crippen molar-refractivity contribution in [2.45, 2.75) is 5.44 Å². The molecule has 0 aromatic rings. The lowest BCUT2D eigenvalue weighted by Crippen LogP contribution is -2.40. The van der Waals surface area contributed by atoms with E-state index in [1.807, 2.05) is 0 Å². The van der Waals surface area contributed by atoms with Gasteiger partial charge < -0.3 is 10.1 Å². The lowest BCUT2D eigenvalue weighted by Gasteiger charge is -2.20. The highest BCUT2D eigenvalue weighted by molar-refractivity contribution is 7.84. The van der Waals surface area contributed by atoms with Crippen molar-refractivity contribution < 1.29 is 8.95 Å². The second-order valence-corrected chi connectivity index (χ2v) is 3.53. The second-order valence-electron chi connectivity index (χ2n) is 2.00. The maximum atomic E-state index is 10.7. The molecule has 3 nitrogen and oxygen atoms in total. The molecule has 1 rings (SSSR count). The molecule has 0 aliphatic carbocycles. The molecule has 0 saturated carbocycles. The molecule has 2 unspecified atom stereocenters. The van der Waals surface area contributed by atoms with Gasteiger partial charge in [-0.15, -0.1) is 0 Å². The van der Waals surface area contributed by atoms with Crippen LogP contribution in [0.25, 0.3) is 0 Å². The van der Waals surface area contributed by atoms with Gasteiger partial charge in [-0.05, 0) is 0 Å². The summed E-state index contributed by atoms with van der Waals surface area (Å²) in [5.41, 5.74) is -0.0845. The molecule has 0 amide bonds. The molecule has 4 heteroatoms. The van der Waals surface area contributed by atoms with Gasteiger partial charge in [-0.1, -0.05) is 0 Å². The fourth-order valence-corrected chi connectivity index (χ4v) is 1.39. The van der Waals surface area contributed by atoms with Crippen molar-refractivity contribution in [2.24, 2.45) is 0 Å². The first-order valence-electron chi connectivity index (χ1n) is 2.95. The average molecular weight is 149 g/mol. The molecule has 0 aromatic carbocycles. The van der Waals surface area contributed by atoms with Crippen molar-refractivity contribution >= 4 is 10.8 Å². The summed E-state index contributed by atoms with van der Waals surface area (Å²) in [4.78, 5) is 0. The summed E-state index contributed by atoms with van der Waals surface area (Å²) in [6.07, 6.45) is 1.66. The number of morpholine rings is 1. The number of hydrogen-bond acceptors (Lipinski definition) is 3. The van der Waals surface area contributed by atoms with Crippen LogP contribution < -0.4 is 5.32 Å². The van der Waals surface area contributed by atoms with Crippen LogP contribution in [-0.4, -0.2) is 35.6 Å². The first-order valence-corrected chi connectivity index (χ1v) is 4.57. The SMILES string of the molecule is CS(=O)C1CNCCO1. The van der Waals surface area contributed by atoms with E-state index in [0.717, 1.165) is 13.1 Å². The molecule has 1 aliphatic rings. The van der Waals surface area contributed by atoms with Gasteiger partial charge in [0.15, 0.2) is 0 Å². The zero-order chi connectivity index (χ0) is 6.69. The minimum Gasteiger partial charge on any atom is -0.362 e. The highest BCUT2D eigenvalue weighted by atomic mass is 32.2. The Kier molecular flexibility index (Phi) is 2.63. The van der Waals surface area contributed by atoms with Gasteiger partial charge in [0.25, 0.3) is 0 Å². The molecule has 9 heavy (non-hydrogen) atoms. The number of ether oxygens (including phenoxy) is 1. The van der Waals surface area contributed by atoms with Crippen LogP contribution in [0.4, 0.5) is 0 Å². The molecule has 1 fully saturated rings. The summed E-state index contributed by atoms with van der Waals surface area (Å²) in [5.74, 6) is 0. The predicted molar refractivity (Wildman–Crippen MR) is 36.7 cm³/mol. The monoisotopic (exact) mass is 149 g/mol. The van der Waals surface area contributed by atoms with Crippen molar-refractivity contribution in [3.63, 3.8) is 0 Å². The number of hydrogen-bond donors (Lipinski definition) is 1. The topological polar surface area (TPSA) is 38.3 Å². The van der Waals surface area contributed by atoms with E-state index in [-0.39, 0.29) is 5.44 Å². The number of rotatable bonds is 1. The molecule has 1 saturated heterocycles. The van der Waals surface area contributed by atoms with Gasteiger partial charge in [0.1, 0.15) is 5.44 Å². The third-order valence-electron chi connectivity index (χ3n) is 1.26. The molecule has 0 radical (unpaired) electrons. The van der Waals surface area contributed by atoms with E-state index in [9.17, 15) is 4.21 Å². The first-order chi connectivity index (χ1) is 4.30. The van der Waals surface area contributed by atoms with Crippen LogP contribution in [0.3, 0.4) is 0 Å². The summed E-state index contributed by atoms with van der Waals surface area (Å²) < 4.78 is 15.9. The normalized spacial score (nSPS) is 31.9. The zero-order valence-corrected chi connectivity index (χ0v) is 6.24. The molecular weight excluding hydrogens is 138 g/mol. The Morgan fingerprint density at radius 1 is 1.78 bits per heavy atom. The third-order valence-corrected chi connectivity index (χ3v) is 2.31. The van der Waals surface area contributed by atoms with Gasteiger partial charge in [-0.3, -0.25) is 4.21 Å². The summed E-state index contributed by atoms with van der Waals surface area (Å²) in [6.45, 7) is 2.29. The maximum Gasteiger partial charge on any atom is 0.144 e. The fourth-order valence-electron chi connectivity index (χ4n) is 0.755. The molecule has 54 valence electrons. The summed E-state index contributed by atoms with van der Waals surface area (Å²) in [6, 6.07) is 0. The highest BCUT2D eigenvalue weighted by Gasteiger charge is 2.15. The van der Waals surface area contributed by atoms with Crippen molar-refractivity contribution in [3.8, 4) is 0 Å². The third kappa shape index (κ3) is 2.04. The van der Waals surface area contributed by atoms with Crippen LogP contribution in [0, 0.1) is 0 Å². The van der Waals surface area contributed by atoms with E-state index < -0.39 is 10.8 Å². The Balaban J connectivity index is 2.31. The summed E-state index contributed by atoms with van der Waals surface area (Å²) in [5, 5.41) is 3.10. The lowest BCUT2D eigenvalue weighted by molar-refractivity contribution is 0.0822. The van der Waals surface area contributed by atoms with Crippen molar-refractivity contribution in [3.05, 3.63) is 0 Å². The van der Waals surface area contributed by atoms with E-state index >= 15 is 0 Å². The van der Waals surface area contributed by atoms with Crippen molar-refractivity contribution in [2.75, 3.05) is 26.0 Å². The Hall–Kier alpha value is 0.0700. The van der Waals surface area contributed by atoms with Gasteiger partial charge >= 0.3 is 0 Å². The van der Waals surface area contributed by atoms with Crippen molar-refractivity contribution in [1.29, 1.82) is 0 Å². The minimum absolute atomic E-state index is 0.0845. The molecule has 1 aliphatic heterocycles. The zero-order valence-electron chi connectivity index (χ0n) is 5.42. The highest BCUT2D eigenvalue weighted by Crippen LogP contribution is 1.98.